The molecule has 0 radical (unpaired) electrons. The molecule has 2 aromatic carbocycles. The van der Waals surface area contributed by atoms with Crippen molar-refractivity contribution in [2.75, 3.05) is 0 Å². The zero-order valence-electron chi connectivity index (χ0n) is 18.8. The third kappa shape index (κ3) is 5.85. The van der Waals surface area contributed by atoms with E-state index in [1.165, 1.54) is 36.8 Å². The van der Waals surface area contributed by atoms with Gasteiger partial charge in [0.1, 0.15) is 14.1 Å². The fourth-order valence-electron chi connectivity index (χ4n) is 3.68. The highest BCUT2D eigenvalue weighted by atomic mass is 16.1. The number of unbranched alkanes of at least 4 members (excludes halogenated alkanes) is 3. The maximum absolute atomic E-state index is 11.1. The van der Waals surface area contributed by atoms with E-state index in [1.54, 1.807) is 0 Å². The van der Waals surface area contributed by atoms with Crippen LogP contribution in [0.15, 0.2) is 79.1 Å². The Hall–Kier alpha value is -3.33. The van der Waals surface area contributed by atoms with Gasteiger partial charge in [-0.15, -0.1) is 0 Å². The molecule has 0 bridgehead atoms. The zero-order valence-corrected chi connectivity index (χ0v) is 18.8. The van der Waals surface area contributed by atoms with Gasteiger partial charge in [-0.25, -0.2) is 4.57 Å². The van der Waals surface area contributed by atoms with Crippen LogP contribution in [-0.2, 0) is 14.1 Å². The normalized spacial score (nSPS) is 10.9. The molecule has 3 nitrogen and oxygen atoms in total. The summed E-state index contributed by atoms with van der Waals surface area (Å²) < 4.78 is 4.17. The average molecular weight is 413 g/mol. The van der Waals surface area contributed by atoms with Crippen LogP contribution in [0.1, 0.15) is 48.5 Å². The lowest BCUT2D eigenvalue weighted by atomic mass is 10.1. The summed E-state index contributed by atoms with van der Waals surface area (Å²) in [6.07, 6.45) is 14.7. The van der Waals surface area contributed by atoms with Crippen LogP contribution in [0.25, 0.3) is 27.9 Å². The largest absolute Gasteiger partial charge is 0.298 e. The minimum Gasteiger partial charge on any atom is -0.298 e. The van der Waals surface area contributed by atoms with Gasteiger partial charge in [0, 0.05) is 35.2 Å². The second-order valence-electron chi connectivity index (χ2n) is 7.86. The summed E-state index contributed by atoms with van der Waals surface area (Å²) >= 11 is 0. The number of hydrogen-bond donors (Lipinski definition) is 0. The first-order valence-electron chi connectivity index (χ1n) is 11.0. The molecule has 0 aliphatic heterocycles. The monoisotopic (exact) mass is 412 g/mol. The van der Waals surface area contributed by atoms with Crippen LogP contribution < -0.4 is 9.13 Å². The molecular formula is C28H32N2O+2. The minimum atomic E-state index is 0.740. The van der Waals surface area contributed by atoms with Gasteiger partial charge in [0.15, 0.2) is 18.7 Å². The van der Waals surface area contributed by atoms with Crippen LogP contribution in [0.3, 0.4) is 0 Å². The van der Waals surface area contributed by atoms with Crippen LogP contribution in [0.2, 0.25) is 0 Å². The van der Waals surface area contributed by atoms with Crippen molar-refractivity contribution >= 4 is 34.2 Å². The van der Waals surface area contributed by atoms with Crippen molar-refractivity contribution in [2.45, 2.75) is 32.6 Å². The molecule has 158 valence electrons. The maximum atomic E-state index is 11.1. The Morgan fingerprint density at radius 3 is 2.35 bits per heavy atom. The van der Waals surface area contributed by atoms with Crippen molar-refractivity contribution in [1.29, 1.82) is 0 Å². The third-order valence-electron chi connectivity index (χ3n) is 5.49. The second-order valence-corrected chi connectivity index (χ2v) is 7.86. The Morgan fingerprint density at radius 1 is 0.871 bits per heavy atom. The summed E-state index contributed by atoms with van der Waals surface area (Å²) in [5.41, 5.74) is 4.28. The fourth-order valence-corrected chi connectivity index (χ4v) is 3.68. The van der Waals surface area contributed by atoms with Gasteiger partial charge in [0.2, 0.25) is 11.0 Å². The van der Waals surface area contributed by atoms with E-state index >= 15 is 0 Å². The van der Waals surface area contributed by atoms with Crippen molar-refractivity contribution < 1.29 is 13.9 Å². The van der Waals surface area contributed by atoms with Crippen LogP contribution >= 0.6 is 0 Å². The third-order valence-corrected chi connectivity index (χ3v) is 5.49. The van der Waals surface area contributed by atoms with Crippen LogP contribution in [-0.4, -0.2) is 6.29 Å². The lowest BCUT2D eigenvalue weighted by molar-refractivity contribution is -0.671. The van der Waals surface area contributed by atoms with Crippen molar-refractivity contribution in [2.24, 2.45) is 14.1 Å². The van der Waals surface area contributed by atoms with E-state index in [-0.39, 0.29) is 0 Å². The molecule has 4 aromatic rings. The molecule has 0 aliphatic carbocycles. The minimum absolute atomic E-state index is 0.740. The number of carbonyl (C=O) groups excluding carboxylic acids is 1. The molecule has 0 atom stereocenters. The van der Waals surface area contributed by atoms with Crippen LogP contribution in [0.4, 0.5) is 0 Å². The molecule has 2 aromatic heterocycles. The lowest BCUT2D eigenvalue weighted by Crippen LogP contribution is -2.30. The second kappa shape index (κ2) is 11.2. The number of aryl methyl sites for hydroxylation is 2. The Kier molecular flexibility index (Phi) is 8.05. The molecule has 0 unspecified atom stereocenters. The van der Waals surface area contributed by atoms with E-state index in [2.05, 4.69) is 70.9 Å². The molecule has 0 spiro atoms. The molecule has 2 heterocycles. The Labute approximate surface area is 185 Å². The predicted molar refractivity (Wildman–Crippen MR) is 129 cm³/mol. The van der Waals surface area contributed by atoms with Crippen molar-refractivity contribution in [1.82, 2.24) is 0 Å². The van der Waals surface area contributed by atoms with Crippen molar-refractivity contribution in [3.05, 3.63) is 90.3 Å². The Morgan fingerprint density at radius 2 is 1.61 bits per heavy atom. The van der Waals surface area contributed by atoms with Gasteiger partial charge in [-0.05, 0) is 30.5 Å². The summed E-state index contributed by atoms with van der Waals surface area (Å²) in [6.45, 7) is 2.24. The van der Waals surface area contributed by atoms with E-state index in [1.807, 2.05) is 44.4 Å². The van der Waals surface area contributed by atoms with E-state index in [4.69, 9.17) is 0 Å². The quantitative estimate of drug-likeness (QED) is 0.172. The van der Waals surface area contributed by atoms with Gasteiger partial charge < -0.3 is 0 Å². The topological polar surface area (TPSA) is 24.8 Å². The van der Waals surface area contributed by atoms with E-state index in [9.17, 15) is 4.79 Å². The number of aromatic nitrogens is 2. The predicted octanol–water partition coefficient (Wildman–Crippen LogP) is 5.73. The van der Waals surface area contributed by atoms with Crippen LogP contribution in [0.5, 0.6) is 0 Å². The molecule has 0 N–H and O–H groups in total. The summed E-state index contributed by atoms with van der Waals surface area (Å²) in [4.78, 5) is 11.1. The molecule has 0 aliphatic rings. The number of hydrogen-bond acceptors (Lipinski definition) is 1. The molecule has 3 heteroatoms. The van der Waals surface area contributed by atoms with Gasteiger partial charge in [0.05, 0.1) is 5.39 Å². The number of carbonyl (C=O) groups is 1. The SMILES string of the molecule is CCCCCC=Cc1cc[n+](C)cc1.C[n+]1c2ccccc2cc2c(C=O)cccc21. The molecule has 0 saturated carbocycles. The number of fused-ring (bicyclic) bond motifs is 2. The van der Waals surface area contributed by atoms with Gasteiger partial charge in [-0.3, -0.25) is 4.79 Å². The van der Waals surface area contributed by atoms with Crippen LogP contribution in [0, 0.1) is 0 Å². The molecule has 4 rings (SSSR count). The van der Waals surface area contributed by atoms with E-state index in [0.717, 1.165) is 28.1 Å². The van der Waals surface area contributed by atoms with E-state index < -0.39 is 0 Å². The van der Waals surface area contributed by atoms with E-state index in [0.29, 0.717) is 0 Å². The first-order chi connectivity index (χ1) is 15.1. The number of pyridine rings is 2. The van der Waals surface area contributed by atoms with Gasteiger partial charge >= 0.3 is 0 Å². The van der Waals surface area contributed by atoms with Crippen molar-refractivity contribution in [3.8, 4) is 0 Å². The van der Waals surface area contributed by atoms with Gasteiger partial charge in [0.25, 0.3) is 0 Å². The number of para-hydroxylation sites is 1. The smallest absolute Gasteiger partial charge is 0.213 e. The fraction of sp³-hybridized carbons (Fsp3) is 0.250. The highest BCUT2D eigenvalue weighted by Gasteiger charge is 2.12. The number of benzene rings is 2. The summed E-state index contributed by atoms with van der Waals surface area (Å²) in [5, 5.41) is 2.15. The number of allylic oxidation sites excluding steroid dienone is 1. The molecule has 0 saturated heterocycles. The zero-order chi connectivity index (χ0) is 22.1. The Balaban J connectivity index is 0.000000180. The highest BCUT2D eigenvalue weighted by molar-refractivity contribution is 5.99. The summed E-state index contributed by atoms with van der Waals surface area (Å²) in [7, 11) is 4.06. The number of rotatable bonds is 6. The first kappa shape index (κ1) is 22.4. The summed E-state index contributed by atoms with van der Waals surface area (Å²) in [5.74, 6) is 0. The molecule has 31 heavy (non-hydrogen) atoms. The maximum Gasteiger partial charge on any atom is 0.213 e. The molecular weight excluding hydrogens is 380 g/mol. The number of aldehydes is 1. The van der Waals surface area contributed by atoms with Gasteiger partial charge in [-0.1, -0.05) is 56.2 Å². The Bertz CT molecular complexity index is 1180. The number of nitrogens with zero attached hydrogens (tertiary/aromatic N) is 2. The molecule has 0 amide bonds. The summed E-state index contributed by atoms with van der Waals surface area (Å²) in [6, 6.07) is 20.3. The lowest BCUT2D eigenvalue weighted by Gasteiger charge is -2.03. The van der Waals surface area contributed by atoms with Gasteiger partial charge in [-0.2, -0.15) is 4.57 Å². The standard InChI is InChI=1S/C15H12NO.C13H20N/c1-16-14-7-3-2-5-11(14)9-13-12(10-17)6-4-8-15(13)16;1-3-4-5-6-7-8-13-9-11-14(2)12-10-13/h2-10H,1H3;7-12H,3-6H2,1-2H3/q2*+1. The van der Waals surface area contributed by atoms with Crippen molar-refractivity contribution in [3.63, 3.8) is 0 Å². The highest BCUT2D eigenvalue weighted by Crippen LogP contribution is 2.20. The molecule has 0 fully saturated rings. The average Bonchev–Trinajstić information content (AvgIpc) is 2.80. The first-order valence-corrected chi connectivity index (χ1v) is 11.0.